The van der Waals surface area contributed by atoms with Crippen molar-refractivity contribution in [3.05, 3.63) is 51.8 Å². The van der Waals surface area contributed by atoms with Gasteiger partial charge in [0.1, 0.15) is 5.76 Å². The van der Waals surface area contributed by atoms with E-state index in [0.29, 0.717) is 17.9 Å². The number of aryl methyl sites for hydroxylation is 2. The summed E-state index contributed by atoms with van der Waals surface area (Å²) in [5.41, 5.74) is 2.04. The van der Waals surface area contributed by atoms with Crippen molar-refractivity contribution in [2.75, 3.05) is 18.4 Å². The Morgan fingerprint density at radius 1 is 1.46 bits per heavy atom. The fourth-order valence-electron chi connectivity index (χ4n) is 3.30. The van der Waals surface area contributed by atoms with Crippen LogP contribution in [0.4, 0.5) is 5.69 Å². The first-order chi connectivity index (χ1) is 11.5. The molecule has 0 aromatic carbocycles. The lowest BCUT2D eigenvalue weighted by atomic mass is 9.96. The maximum atomic E-state index is 12.7. The van der Waals surface area contributed by atoms with E-state index in [4.69, 9.17) is 4.42 Å². The highest BCUT2D eigenvalue weighted by Gasteiger charge is 2.26. The number of aromatic nitrogens is 1. The number of nitrogens with one attached hydrogen (secondary N) is 2. The fourth-order valence-corrected chi connectivity index (χ4v) is 3.30. The predicted octanol–water partition coefficient (Wildman–Crippen LogP) is 2.44. The molecular formula is C18H23N3O3. The number of likely N-dealkylation sites (tertiary alicyclic amines) is 1. The summed E-state index contributed by atoms with van der Waals surface area (Å²) >= 11 is 0. The molecule has 0 radical (unpaired) electrons. The number of pyridine rings is 1. The van der Waals surface area contributed by atoms with Crippen molar-refractivity contribution >= 4 is 11.6 Å². The Morgan fingerprint density at radius 3 is 3.00 bits per heavy atom. The maximum absolute atomic E-state index is 12.7. The molecule has 1 saturated heterocycles. The average molecular weight is 329 g/mol. The lowest BCUT2D eigenvalue weighted by Gasteiger charge is -2.31. The Bertz CT molecular complexity index is 738. The van der Waals surface area contributed by atoms with Crippen LogP contribution in [-0.2, 0) is 11.3 Å². The lowest BCUT2D eigenvalue weighted by molar-refractivity contribution is -0.121. The van der Waals surface area contributed by atoms with Crippen molar-refractivity contribution in [1.82, 2.24) is 9.88 Å². The monoisotopic (exact) mass is 329 g/mol. The zero-order chi connectivity index (χ0) is 17.1. The molecule has 0 aliphatic carbocycles. The van der Waals surface area contributed by atoms with Crippen LogP contribution in [0.2, 0.25) is 0 Å². The van der Waals surface area contributed by atoms with Gasteiger partial charge < -0.3 is 14.7 Å². The van der Waals surface area contributed by atoms with Crippen molar-refractivity contribution in [3.63, 3.8) is 0 Å². The van der Waals surface area contributed by atoms with E-state index in [0.717, 1.165) is 37.3 Å². The molecule has 3 heterocycles. The van der Waals surface area contributed by atoms with Gasteiger partial charge in [0, 0.05) is 18.3 Å². The van der Waals surface area contributed by atoms with Gasteiger partial charge in [0.25, 0.3) is 0 Å². The van der Waals surface area contributed by atoms with Crippen LogP contribution in [-0.4, -0.2) is 28.9 Å². The summed E-state index contributed by atoms with van der Waals surface area (Å²) in [6.07, 6.45) is 3.54. The highest BCUT2D eigenvalue weighted by atomic mass is 16.3. The highest BCUT2D eigenvalue weighted by Crippen LogP contribution is 2.22. The molecule has 1 aliphatic heterocycles. The lowest BCUT2D eigenvalue weighted by Crippen LogP contribution is -2.40. The third kappa shape index (κ3) is 3.76. The second kappa shape index (κ2) is 7.05. The van der Waals surface area contributed by atoms with Gasteiger partial charge in [0.05, 0.1) is 24.4 Å². The molecule has 3 rings (SSSR count). The Labute approximate surface area is 140 Å². The van der Waals surface area contributed by atoms with E-state index in [9.17, 15) is 9.59 Å². The molecule has 2 N–H and O–H groups in total. The molecule has 6 nitrogen and oxygen atoms in total. The maximum Gasteiger partial charge on any atom is 0.248 e. The Morgan fingerprint density at radius 2 is 2.29 bits per heavy atom. The number of amides is 1. The number of anilines is 1. The van der Waals surface area contributed by atoms with E-state index < -0.39 is 0 Å². The largest absolute Gasteiger partial charge is 0.468 e. The number of furan rings is 1. The molecule has 2 aromatic heterocycles. The minimum atomic E-state index is -0.148. The van der Waals surface area contributed by atoms with E-state index in [1.54, 1.807) is 13.2 Å². The summed E-state index contributed by atoms with van der Waals surface area (Å²) in [5, 5.41) is 3.00. The first-order valence-corrected chi connectivity index (χ1v) is 8.29. The van der Waals surface area contributed by atoms with Crippen LogP contribution in [0.1, 0.15) is 29.9 Å². The molecule has 1 aliphatic rings. The number of piperidine rings is 1. The summed E-state index contributed by atoms with van der Waals surface area (Å²) < 4.78 is 5.39. The van der Waals surface area contributed by atoms with Gasteiger partial charge in [-0.15, -0.1) is 0 Å². The third-order valence-corrected chi connectivity index (χ3v) is 4.51. The number of aromatic amines is 1. The highest BCUT2D eigenvalue weighted by molar-refractivity contribution is 5.93. The fraction of sp³-hybridized carbons (Fsp3) is 0.444. The minimum Gasteiger partial charge on any atom is -0.468 e. The standard InChI is InChI=1S/C18H23N3O3/c1-12-9-16(22)19-13(2)17(12)20-18(23)14-5-3-7-21(10-14)11-15-6-4-8-24-15/h4,6,8-9,14H,3,5,7,10-11H2,1-2H3,(H,19,22)(H,20,23). The summed E-state index contributed by atoms with van der Waals surface area (Å²) in [4.78, 5) is 29.1. The second-order valence-electron chi connectivity index (χ2n) is 6.46. The average Bonchev–Trinajstić information content (AvgIpc) is 3.04. The SMILES string of the molecule is Cc1cc(=O)[nH]c(C)c1NC(=O)C1CCCN(Cc2ccco2)C1. The number of hydrogen-bond donors (Lipinski definition) is 2. The molecule has 24 heavy (non-hydrogen) atoms. The summed E-state index contributed by atoms with van der Waals surface area (Å²) in [6.45, 7) is 6.05. The van der Waals surface area contributed by atoms with E-state index in [-0.39, 0.29) is 17.4 Å². The number of nitrogens with zero attached hydrogens (tertiary/aromatic N) is 1. The van der Waals surface area contributed by atoms with Crippen LogP contribution in [0.3, 0.4) is 0 Å². The molecule has 0 saturated carbocycles. The van der Waals surface area contributed by atoms with Crippen LogP contribution in [0.25, 0.3) is 0 Å². The van der Waals surface area contributed by atoms with Crippen molar-refractivity contribution in [3.8, 4) is 0 Å². The quantitative estimate of drug-likeness (QED) is 0.903. The number of H-pyrrole nitrogens is 1. The van der Waals surface area contributed by atoms with Crippen LogP contribution in [0.5, 0.6) is 0 Å². The minimum absolute atomic E-state index is 0.0115. The molecule has 0 bridgehead atoms. The molecule has 1 unspecified atom stereocenters. The Balaban J connectivity index is 1.65. The molecule has 6 heteroatoms. The van der Waals surface area contributed by atoms with Crippen LogP contribution >= 0.6 is 0 Å². The van der Waals surface area contributed by atoms with Gasteiger partial charge in [-0.3, -0.25) is 14.5 Å². The first kappa shape index (κ1) is 16.5. The number of carbonyl (C=O) groups is 1. The third-order valence-electron chi connectivity index (χ3n) is 4.51. The van der Waals surface area contributed by atoms with Crippen molar-refractivity contribution < 1.29 is 9.21 Å². The Hall–Kier alpha value is -2.34. The first-order valence-electron chi connectivity index (χ1n) is 8.29. The van der Waals surface area contributed by atoms with Crippen molar-refractivity contribution in [2.24, 2.45) is 5.92 Å². The zero-order valence-corrected chi connectivity index (χ0v) is 14.1. The van der Waals surface area contributed by atoms with E-state index >= 15 is 0 Å². The van der Waals surface area contributed by atoms with E-state index in [2.05, 4.69) is 15.2 Å². The van der Waals surface area contributed by atoms with Crippen molar-refractivity contribution in [1.29, 1.82) is 0 Å². The van der Waals surface area contributed by atoms with Gasteiger partial charge in [-0.05, 0) is 50.9 Å². The number of carbonyl (C=O) groups excluding carboxylic acids is 1. The summed E-state index contributed by atoms with van der Waals surface area (Å²) in [6, 6.07) is 5.34. The molecule has 1 fully saturated rings. The second-order valence-corrected chi connectivity index (χ2v) is 6.46. The van der Waals surface area contributed by atoms with Gasteiger partial charge in [-0.2, -0.15) is 0 Å². The van der Waals surface area contributed by atoms with Crippen LogP contribution < -0.4 is 10.9 Å². The zero-order valence-electron chi connectivity index (χ0n) is 14.1. The molecule has 0 spiro atoms. The molecule has 1 amide bonds. The number of hydrogen-bond acceptors (Lipinski definition) is 4. The van der Waals surface area contributed by atoms with E-state index in [1.807, 2.05) is 19.1 Å². The van der Waals surface area contributed by atoms with Crippen molar-refractivity contribution in [2.45, 2.75) is 33.2 Å². The van der Waals surface area contributed by atoms with Gasteiger partial charge in [-0.25, -0.2) is 0 Å². The molecule has 1 atom stereocenters. The summed E-state index contributed by atoms with van der Waals surface area (Å²) in [7, 11) is 0. The van der Waals surface area contributed by atoms with Crippen LogP contribution in [0, 0.1) is 19.8 Å². The van der Waals surface area contributed by atoms with Gasteiger partial charge in [-0.1, -0.05) is 0 Å². The van der Waals surface area contributed by atoms with Gasteiger partial charge in [0.2, 0.25) is 11.5 Å². The topological polar surface area (TPSA) is 78.3 Å². The smallest absolute Gasteiger partial charge is 0.248 e. The van der Waals surface area contributed by atoms with Gasteiger partial charge in [0.15, 0.2) is 0 Å². The van der Waals surface area contributed by atoms with E-state index in [1.165, 1.54) is 6.07 Å². The molecule has 2 aromatic rings. The summed E-state index contributed by atoms with van der Waals surface area (Å²) in [5.74, 6) is 0.875. The number of rotatable bonds is 4. The molecular weight excluding hydrogens is 306 g/mol. The molecule has 128 valence electrons. The normalized spacial score (nSPS) is 18.5. The Kier molecular flexibility index (Phi) is 4.85. The van der Waals surface area contributed by atoms with Gasteiger partial charge >= 0.3 is 0 Å². The predicted molar refractivity (Wildman–Crippen MR) is 91.9 cm³/mol. The van der Waals surface area contributed by atoms with Crippen LogP contribution in [0.15, 0.2) is 33.7 Å².